The van der Waals surface area contributed by atoms with E-state index in [0.717, 1.165) is 40.7 Å². The molecule has 5 rings (SSSR count). The second kappa shape index (κ2) is 11.2. The number of rotatable bonds is 9. The molecule has 1 aromatic carbocycles. The standard InChI is InChI=1S/C23H23N7O3S3/c31-36(32,30-13-7-2-8-14-30)29-22-27-23(35-28-22)26-21-19(33-17-9-3-1-4-10-17)15-18(16-25-21)34-20-11-5-6-12-24-20/h1,3-6,9-12,15-16H,2,7-8,13-14H2,(H2,25,26,27,28,29). The van der Waals surface area contributed by atoms with Gasteiger partial charge in [-0.05, 0) is 37.1 Å². The summed E-state index contributed by atoms with van der Waals surface area (Å²) in [6.45, 7) is 0.995. The van der Waals surface area contributed by atoms with Gasteiger partial charge in [-0.2, -0.15) is 22.1 Å². The maximum absolute atomic E-state index is 12.6. The predicted molar refractivity (Wildman–Crippen MR) is 140 cm³/mol. The molecule has 4 aromatic rings. The van der Waals surface area contributed by atoms with E-state index in [2.05, 4.69) is 29.4 Å². The molecule has 0 atom stereocenters. The van der Waals surface area contributed by atoms with E-state index in [0.29, 0.717) is 35.5 Å². The predicted octanol–water partition coefficient (Wildman–Crippen LogP) is 5.16. The van der Waals surface area contributed by atoms with Crippen LogP contribution in [-0.4, -0.2) is 45.1 Å². The van der Waals surface area contributed by atoms with Crippen molar-refractivity contribution < 1.29 is 13.2 Å². The first-order chi connectivity index (χ1) is 17.5. The number of aromatic nitrogens is 4. The normalized spacial score (nSPS) is 14.3. The molecule has 1 aliphatic rings. The van der Waals surface area contributed by atoms with E-state index in [-0.39, 0.29) is 5.95 Å². The Balaban J connectivity index is 1.35. The minimum atomic E-state index is -3.69. The summed E-state index contributed by atoms with van der Waals surface area (Å²) in [7, 11) is -3.69. The number of ether oxygens (including phenoxy) is 1. The number of nitrogens with zero attached hydrogens (tertiary/aromatic N) is 5. The number of benzene rings is 1. The van der Waals surface area contributed by atoms with Crippen molar-refractivity contribution in [3.05, 3.63) is 67.0 Å². The van der Waals surface area contributed by atoms with Crippen LogP contribution < -0.4 is 14.8 Å². The molecule has 0 saturated carbocycles. The molecule has 1 saturated heterocycles. The van der Waals surface area contributed by atoms with Gasteiger partial charge in [0, 0.05) is 48.0 Å². The zero-order chi connectivity index (χ0) is 24.8. The summed E-state index contributed by atoms with van der Waals surface area (Å²) in [4.78, 5) is 14.0. The third kappa shape index (κ3) is 6.29. The first-order valence-electron chi connectivity index (χ1n) is 11.3. The van der Waals surface area contributed by atoms with Crippen LogP contribution in [-0.2, 0) is 10.2 Å². The van der Waals surface area contributed by atoms with Crippen molar-refractivity contribution >= 4 is 50.4 Å². The Morgan fingerprint density at radius 3 is 2.58 bits per heavy atom. The Bertz CT molecular complexity index is 1400. The topological polar surface area (TPSA) is 122 Å². The summed E-state index contributed by atoms with van der Waals surface area (Å²) >= 11 is 2.49. The Labute approximate surface area is 217 Å². The smallest absolute Gasteiger partial charge is 0.304 e. The van der Waals surface area contributed by atoms with Crippen LogP contribution >= 0.6 is 23.3 Å². The Hall–Kier alpha value is -3.26. The van der Waals surface area contributed by atoms with E-state index in [9.17, 15) is 8.42 Å². The molecule has 0 amide bonds. The Morgan fingerprint density at radius 2 is 1.81 bits per heavy atom. The van der Waals surface area contributed by atoms with Gasteiger partial charge in [0.1, 0.15) is 10.8 Å². The highest BCUT2D eigenvalue weighted by Gasteiger charge is 2.25. The molecule has 0 aliphatic carbocycles. The maximum Gasteiger partial charge on any atom is 0.304 e. The fourth-order valence-electron chi connectivity index (χ4n) is 3.50. The molecule has 3 aromatic heterocycles. The second-order valence-electron chi connectivity index (χ2n) is 7.82. The number of piperidine rings is 1. The fourth-order valence-corrected chi connectivity index (χ4v) is 6.05. The molecule has 13 heteroatoms. The summed E-state index contributed by atoms with van der Waals surface area (Å²) in [5.41, 5.74) is 0. The molecule has 36 heavy (non-hydrogen) atoms. The highest BCUT2D eigenvalue weighted by Crippen LogP contribution is 2.36. The monoisotopic (exact) mass is 541 g/mol. The molecule has 0 unspecified atom stereocenters. The van der Waals surface area contributed by atoms with E-state index in [1.807, 2.05) is 54.6 Å². The van der Waals surface area contributed by atoms with Crippen molar-refractivity contribution in [1.82, 2.24) is 23.6 Å². The lowest BCUT2D eigenvalue weighted by Gasteiger charge is -2.25. The molecule has 0 bridgehead atoms. The van der Waals surface area contributed by atoms with Crippen molar-refractivity contribution in [3.63, 3.8) is 0 Å². The second-order valence-corrected chi connectivity index (χ2v) is 11.3. The molecule has 4 heterocycles. The molecule has 10 nitrogen and oxygen atoms in total. The number of anilines is 3. The third-order valence-corrected chi connectivity index (χ3v) is 8.21. The van der Waals surface area contributed by atoms with Crippen molar-refractivity contribution in [2.24, 2.45) is 0 Å². The summed E-state index contributed by atoms with van der Waals surface area (Å²) in [5.74, 6) is 1.56. The van der Waals surface area contributed by atoms with E-state index >= 15 is 0 Å². The molecule has 2 N–H and O–H groups in total. The van der Waals surface area contributed by atoms with Crippen molar-refractivity contribution in [3.8, 4) is 11.5 Å². The van der Waals surface area contributed by atoms with Crippen molar-refractivity contribution in [1.29, 1.82) is 0 Å². The van der Waals surface area contributed by atoms with Crippen LogP contribution in [0.15, 0.2) is 76.9 Å². The van der Waals surface area contributed by atoms with Crippen LogP contribution in [0, 0.1) is 0 Å². The first-order valence-corrected chi connectivity index (χ1v) is 14.3. The molecule has 186 valence electrons. The average molecular weight is 542 g/mol. The summed E-state index contributed by atoms with van der Waals surface area (Å²) < 4.78 is 39.4. The van der Waals surface area contributed by atoms with Gasteiger partial charge in [-0.3, -0.25) is 0 Å². The third-order valence-electron chi connectivity index (χ3n) is 5.19. The van der Waals surface area contributed by atoms with Gasteiger partial charge in [0.25, 0.3) is 5.95 Å². The largest absolute Gasteiger partial charge is 0.453 e. The molecule has 0 radical (unpaired) electrons. The van der Waals surface area contributed by atoms with Gasteiger partial charge in [-0.25, -0.2) is 14.7 Å². The lowest BCUT2D eigenvalue weighted by atomic mass is 10.2. The van der Waals surface area contributed by atoms with E-state index in [1.165, 1.54) is 16.1 Å². The van der Waals surface area contributed by atoms with Crippen molar-refractivity contribution in [2.75, 3.05) is 23.1 Å². The number of hydrogen-bond acceptors (Lipinski definition) is 10. The minimum absolute atomic E-state index is 0.0147. The summed E-state index contributed by atoms with van der Waals surface area (Å²) in [5, 5.41) is 4.32. The van der Waals surface area contributed by atoms with Gasteiger partial charge in [0.15, 0.2) is 11.6 Å². The van der Waals surface area contributed by atoms with Gasteiger partial charge in [0.05, 0.1) is 0 Å². The molecular formula is C23H23N7O3S3. The number of pyridine rings is 2. The summed E-state index contributed by atoms with van der Waals surface area (Å²) in [6, 6.07) is 16.9. The highest BCUT2D eigenvalue weighted by molar-refractivity contribution is 7.99. The molecule has 0 spiro atoms. The van der Waals surface area contributed by atoms with E-state index in [4.69, 9.17) is 4.74 Å². The zero-order valence-electron chi connectivity index (χ0n) is 19.1. The fraction of sp³-hybridized carbons (Fsp3) is 0.217. The quantitative estimate of drug-likeness (QED) is 0.296. The Morgan fingerprint density at radius 1 is 1.00 bits per heavy atom. The first kappa shape index (κ1) is 24.4. The van der Waals surface area contributed by atoms with Crippen LogP contribution in [0.5, 0.6) is 11.5 Å². The van der Waals surface area contributed by atoms with Gasteiger partial charge < -0.3 is 10.1 Å². The van der Waals surface area contributed by atoms with Gasteiger partial charge in [0.2, 0.25) is 5.13 Å². The van der Waals surface area contributed by atoms with E-state index in [1.54, 1.807) is 12.4 Å². The molecule has 1 aliphatic heterocycles. The lowest BCUT2D eigenvalue weighted by molar-refractivity contribution is 0.349. The maximum atomic E-state index is 12.6. The van der Waals surface area contributed by atoms with Gasteiger partial charge >= 0.3 is 10.2 Å². The highest BCUT2D eigenvalue weighted by atomic mass is 32.2. The van der Waals surface area contributed by atoms with Crippen LogP contribution in [0.1, 0.15) is 19.3 Å². The minimum Gasteiger partial charge on any atom is -0.453 e. The number of hydrogen-bond donors (Lipinski definition) is 2. The average Bonchev–Trinajstić information content (AvgIpc) is 3.33. The Kier molecular flexibility index (Phi) is 7.60. The van der Waals surface area contributed by atoms with Crippen LogP contribution in [0.3, 0.4) is 0 Å². The van der Waals surface area contributed by atoms with E-state index < -0.39 is 10.2 Å². The van der Waals surface area contributed by atoms with Crippen LogP contribution in [0.2, 0.25) is 0 Å². The van der Waals surface area contributed by atoms with Gasteiger partial charge in [-0.15, -0.1) is 0 Å². The number of nitrogens with one attached hydrogen (secondary N) is 2. The molecular weight excluding hydrogens is 519 g/mol. The van der Waals surface area contributed by atoms with Crippen LogP contribution in [0.25, 0.3) is 0 Å². The van der Waals surface area contributed by atoms with Crippen molar-refractivity contribution in [2.45, 2.75) is 29.2 Å². The molecule has 1 fully saturated rings. The zero-order valence-corrected chi connectivity index (χ0v) is 21.5. The van der Waals surface area contributed by atoms with Gasteiger partial charge in [-0.1, -0.05) is 42.4 Å². The van der Waals surface area contributed by atoms with Crippen LogP contribution in [0.4, 0.5) is 16.9 Å². The lowest BCUT2D eigenvalue weighted by Crippen LogP contribution is -2.39. The SMILES string of the molecule is O=S(=O)(Nc1nsc(Nc2ncc(Sc3ccccn3)cc2Oc2ccccc2)n1)N1CCCCC1. The summed E-state index contributed by atoms with van der Waals surface area (Å²) in [6.07, 6.45) is 6.18. The number of para-hydroxylation sites is 1.